The predicted molar refractivity (Wildman–Crippen MR) is 35.8 cm³/mol. The highest BCUT2D eigenvalue weighted by atomic mass is 16.1. The van der Waals surface area contributed by atoms with Crippen molar-refractivity contribution in [2.24, 2.45) is 0 Å². The van der Waals surface area contributed by atoms with Gasteiger partial charge in [0, 0.05) is 12.4 Å². The molecular formula is C6H5N3O. The molecule has 0 aliphatic carbocycles. The molecule has 2 N–H and O–H groups in total. The fraction of sp³-hybridized carbons (Fsp3) is 0. The van der Waals surface area contributed by atoms with E-state index in [1.54, 1.807) is 18.5 Å². The zero-order chi connectivity index (χ0) is 6.97. The summed E-state index contributed by atoms with van der Waals surface area (Å²) in [5, 5.41) is 5.03. The van der Waals surface area contributed by atoms with Crippen molar-refractivity contribution in [3.63, 3.8) is 0 Å². The standard InChI is InChI=1S/C6H5N3O/c10-6-4-1-2-7-5(4)3-8-9-6/h1-3,8H,(H,9,10). The van der Waals surface area contributed by atoms with Crippen LogP contribution in [0, 0.1) is 0 Å². The van der Waals surface area contributed by atoms with Crippen LogP contribution in [0.4, 0.5) is 0 Å². The maximum absolute atomic E-state index is 10.9. The average Bonchev–Trinajstić information content (AvgIpc) is 2.36. The van der Waals surface area contributed by atoms with Gasteiger partial charge in [-0.2, -0.15) is 0 Å². The van der Waals surface area contributed by atoms with Crippen LogP contribution in [0.2, 0.25) is 0 Å². The van der Waals surface area contributed by atoms with E-state index >= 15 is 0 Å². The van der Waals surface area contributed by atoms with Gasteiger partial charge in [0.2, 0.25) is 0 Å². The van der Waals surface area contributed by atoms with Gasteiger partial charge in [-0.25, -0.2) is 0 Å². The summed E-state index contributed by atoms with van der Waals surface area (Å²) in [7, 11) is 0. The summed E-state index contributed by atoms with van der Waals surface area (Å²) in [6.07, 6.45) is 3.25. The number of aromatic amines is 2. The molecule has 2 aliphatic rings. The summed E-state index contributed by atoms with van der Waals surface area (Å²) >= 11 is 0. The first-order valence-electron chi connectivity index (χ1n) is 2.89. The van der Waals surface area contributed by atoms with Crippen LogP contribution < -0.4 is 5.56 Å². The van der Waals surface area contributed by atoms with Crippen molar-refractivity contribution in [1.82, 2.24) is 15.2 Å². The van der Waals surface area contributed by atoms with Crippen LogP contribution in [0.25, 0.3) is 11.3 Å². The summed E-state index contributed by atoms with van der Waals surface area (Å²) in [6.45, 7) is 0. The first kappa shape index (κ1) is 5.22. The maximum atomic E-state index is 10.9. The van der Waals surface area contributed by atoms with E-state index in [-0.39, 0.29) is 5.56 Å². The number of aromatic nitrogens is 3. The van der Waals surface area contributed by atoms with E-state index in [0.29, 0.717) is 11.3 Å². The topological polar surface area (TPSA) is 61.5 Å². The summed E-state index contributed by atoms with van der Waals surface area (Å²) in [5.41, 5.74) is 1.19. The largest absolute Gasteiger partial charge is 0.303 e. The van der Waals surface area contributed by atoms with Gasteiger partial charge < -0.3 is 5.10 Å². The number of hydrogen-bond donors (Lipinski definition) is 2. The van der Waals surface area contributed by atoms with E-state index in [2.05, 4.69) is 15.2 Å². The van der Waals surface area contributed by atoms with Crippen molar-refractivity contribution >= 4 is 0 Å². The van der Waals surface area contributed by atoms with Crippen LogP contribution in [-0.4, -0.2) is 15.2 Å². The molecule has 0 radical (unpaired) electrons. The molecule has 2 aliphatic heterocycles. The van der Waals surface area contributed by atoms with Gasteiger partial charge >= 0.3 is 0 Å². The molecule has 0 aromatic heterocycles. The van der Waals surface area contributed by atoms with E-state index in [1.165, 1.54) is 0 Å². The van der Waals surface area contributed by atoms with Crippen LogP contribution in [0.15, 0.2) is 23.3 Å². The third kappa shape index (κ3) is 0.556. The molecule has 50 valence electrons. The summed E-state index contributed by atoms with van der Waals surface area (Å²) in [4.78, 5) is 14.8. The second-order valence-electron chi connectivity index (χ2n) is 1.99. The van der Waals surface area contributed by atoms with Crippen molar-refractivity contribution in [2.75, 3.05) is 0 Å². The Morgan fingerprint density at radius 2 is 2.40 bits per heavy atom. The second kappa shape index (κ2) is 1.70. The molecule has 0 saturated carbocycles. The molecule has 10 heavy (non-hydrogen) atoms. The van der Waals surface area contributed by atoms with Crippen LogP contribution in [0.5, 0.6) is 0 Å². The monoisotopic (exact) mass is 135 g/mol. The molecule has 4 heteroatoms. The van der Waals surface area contributed by atoms with Crippen molar-refractivity contribution in [3.05, 3.63) is 28.8 Å². The molecule has 2 rings (SSSR count). The lowest BCUT2D eigenvalue weighted by Gasteiger charge is -1.91. The van der Waals surface area contributed by atoms with E-state index in [0.717, 1.165) is 0 Å². The van der Waals surface area contributed by atoms with Crippen molar-refractivity contribution in [2.45, 2.75) is 0 Å². The van der Waals surface area contributed by atoms with Gasteiger partial charge in [0.1, 0.15) is 0 Å². The minimum Gasteiger partial charge on any atom is -0.303 e. The molecule has 0 aromatic carbocycles. The number of rotatable bonds is 0. The number of H-pyrrole nitrogens is 2. The summed E-state index contributed by atoms with van der Waals surface area (Å²) in [5.74, 6) is 0. The zero-order valence-corrected chi connectivity index (χ0v) is 5.09. The van der Waals surface area contributed by atoms with E-state index in [4.69, 9.17) is 0 Å². The lowest BCUT2D eigenvalue weighted by atomic mass is 10.3. The lowest BCUT2D eigenvalue weighted by Crippen LogP contribution is -2.09. The van der Waals surface area contributed by atoms with E-state index in [1.807, 2.05) is 0 Å². The van der Waals surface area contributed by atoms with Gasteiger partial charge in [-0.1, -0.05) is 0 Å². The molecule has 0 aromatic rings. The predicted octanol–water partition coefficient (Wildman–Crippen LogP) is 0.203. The first-order chi connectivity index (χ1) is 4.88. The third-order valence-electron chi connectivity index (χ3n) is 1.37. The Balaban J connectivity index is 2.93. The Morgan fingerprint density at radius 3 is 3.20 bits per heavy atom. The van der Waals surface area contributed by atoms with Gasteiger partial charge in [-0.05, 0) is 6.07 Å². The maximum Gasteiger partial charge on any atom is 0.271 e. The number of nitrogens with zero attached hydrogens (tertiary/aromatic N) is 1. The fourth-order valence-electron chi connectivity index (χ4n) is 0.891. The van der Waals surface area contributed by atoms with Gasteiger partial charge in [0.05, 0.1) is 11.3 Å². The fourth-order valence-corrected chi connectivity index (χ4v) is 0.891. The van der Waals surface area contributed by atoms with Gasteiger partial charge in [-0.15, -0.1) is 0 Å². The zero-order valence-electron chi connectivity index (χ0n) is 5.09. The van der Waals surface area contributed by atoms with Gasteiger partial charge in [0.15, 0.2) is 0 Å². The molecule has 0 atom stereocenters. The smallest absolute Gasteiger partial charge is 0.271 e. The van der Waals surface area contributed by atoms with Crippen LogP contribution >= 0.6 is 0 Å². The normalized spacial score (nSPS) is 10.4. The summed E-state index contributed by atoms with van der Waals surface area (Å²) < 4.78 is 0. The van der Waals surface area contributed by atoms with Gasteiger partial charge in [-0.3, -0.25) is 14.9 Å². The second-order valence-corrected chi connectivity index (χ2v) is 1.99. The van der Waals surface area contributed by atoms with E-state index < -0.39 is 0 Å². The van der Waals surface area contributed by atoms with Crippen molar-refractivity contribution in [1.29, 1.82) is 0 Å². The van der Waals surface area contributed by atoms with Crippen LogP contribution in [-0.2, 0) is 0 Å². The van der Waals surface area contributed by atoms with E-state index in [9.17, 15) is 4.79 Å². The van der Waals surface area contributed by atoms with Crippen LogP contribution in [0.1, 0.15) is 0 Å². The first-order valence-corrected chi connectivity index (χ1v) is 2.89. The average molecular weight is 135 g/mol. The number of fused-ring (bicyclic) bond motifs is 1. The van der Waals surface area contributed by atoms with Crippen molar-refractivity contribution < 1.29 is 0 Å². The highest BCUT2D eigenvalue weighted by molar-refractivity contribution is 5.57. The minimum absolute atomic E-state index is 0.130. The highest BCUT2D eigenvalue weighted by Gasteiger charge is 2.04. The van der Waals surface area contributed by atoms with Gasteiger partial charge in [0.25, 0.3) is 5.56 Å². The SMILES string of the molecule is O=c1[nH][nH]cc2nccc1-2. The van der Waals surface area contributed by atoms with Crippen molar-refractivity contribution in [3.8, 4) is 11.3 Å². The highest BCUT2D eigenvalue weighted by Crippen LogP contribution is 2.10. The lowest BCUT2D eigenvalue weighted by molar-refractivity contribution is 0.986. The molecule has 0 bridgehead atoms. The summed E-state index contributed by atoms with van der Waals surface area (Å²) in [6, 6.07) is 1.68. The van der Waals surface area contributed by atoms with Crippen LogP contribution in [0.3, 0.4) is 0 Å². The Labute approximate surface area is 56.2 Å². The molecule has 0 spiro atoms. The Kier molecular flexibility index (Phi) is 0.887. The molecule has 2 heterocycles. The molecule has 0 amide bonds. The quantitative estimate of drug-likeness (QED) is 0.542. The Morgan fingerprint density at radius 1 is 1.50 bits per heavy atom. The third-order valence-corrected chi connectivity index (χ3v) is 1.37. The molecule has 4 nitrogen and oxygen atoms in total. The number of nitrogens with one attached hydrogen (secondary N) is 2. The molecule has 0 unspecified atom stereocenters. The Bertz CT molecular complexity index is 362. The molecule has 0 fully saturated rings. The molecule has 0 saturated heterocycles. The molecular weight excluding hydrogens is 130 g/mol. The Hall–Kier alpha value is -1.58. The minimum atomic E-state index is -0.130. The number of hydrogen-bond acceptors (Lipinski definition) is 2.